The lowest BCUT2D eigenvalue weighted by Gasteiger charge is -2.12. The summed E-state index contributed by atoms with van der Waals surface area (Å²) in [5.74, 6) is -0.413. The Labute approximate surface area is 157 Å². The van der Waals surface area contributed by atoms with Crippen LogP contribution in [0.15, 0.2) is 77.2 Å². The first-order valence-corrected chi connectivity index (χ1v) is 8.35. The number of halogens is 3. The molecule has 0 aliphatic rings. The minimum Gasteiger partial charge on any atom is -0.436 e. The number of oxazole rings is 1. The average molecular weight is 382 g/mol. The standard InChI is InChI=1S/C21H13F3N2O2/c22-21(23,24)16-6-2-1-5-15(16)19(27)25-14-11-9-13(10-12-14)20-26-17-7-3-4-8-18(17)28-20/h1-12H,(H,25,27). The molecule has 0 radical (unpaired) electrons. The molecule has 1 amide bonds. The fourth-order valence-corrected chi connectivity index (χ4v) is 2.82. The van der Waals surface area contributed by atoms with Crippen molar-refractivity contribution in [1.82, 2.24) is 4.98 Å². The van der Waals surface area contributed by atoms with E-state index in [1.54, 1.807) is 30.3 Å². The van der Waals surface area contributed by atoms with Gasteiger partial charge >= 0.3 is 6.18 Å². The van der Waals surface area contributed by atoms with Crippen LogP contribution in [-0.2, 0) is 6.18 Å². The third kappa shape index (κ3) is 3.46. The van der Waals surface area contributed by atoms with Crippen LogP contribution in [0.1, 0.15) is 15.9 Å². The monoisotopic (exact) mass is 382 g/mol. The van der Waals surface area contributed by atoms with E-state index in [-0.39, 0.29) is 0 Å². The highest BCUT2D eigenvalue weighted by Crippen LogP contribution is 2.32. The molecule has 0 spiro atoms. The minimum absolute atomic E-state index is 0.363. The third-order valence-corrected chi connectivity index (χ3v) is 4.16. The van der Waals surface area contributed by atoms with Crippen molar-refractivity contribution < 1.29 is 22.4 Å². The molecule has 4 rings (SSSR count). The van der Waals surface area contributed by atoms with Gasteiger partial charge in [0.15, 0.2) is 5.58 Å². The molecule has 4 aromatic rings. The number of carbonyl (C=O) groups excluding carboxylic acids is 1. The molecule has 0 aliphatic carbocycles. The summed E-state index contributed by atoms with van der Waals surface area (Å²) in [6.45, 7) is 0. The Balaban J connectivity index is 1.56. The fourth-order valence-electron chi connectivity index (χ4n) is 2.82. The summed E-state index contributed by atoms with van der Waals surface area (Å²) in [6, 6.07) is 18.5. The van der Waals surface area contributed by atoms with Gasteiger partial charge in [0.1, 0.15) is 5.52 Å². The summed E-state index contributed by atoms with van der Waals surface area (Å²) in [5, 5.41) is 2.49. The van der Waals surface area contributed by atoms with Crippen molar-refractivity contribution in [3.8, 4) is 11.5 Å². The Morgan fingerprint density at radius 1 is 0.893 bits per heavy atom. The number of nitrogens with zero attached hydrogens (tertiary/aromatic N) is 1. The zero-order chi connectivity index (χ0) is 19.7. The lowest BCUT2D eigenvalue weighted by atomic mass is 10.1. The summed E-state index contributed by atoms with van der Waals surface area (Å²) >= 11 is 0. The number of hydrogen-bond acceptors (Lipinski definition) is 3. The molecule has 0 saturated heterocycles. The van der Waals surface area contributed by atoms with Crippen molar-refractivity contribution in [2.24, 2.45) is 0 Å². The minimum atomic E-state index is -4.61. The molecule has 1 heterocycles. The second-order valence-electron chi connectivity index (χ2n) is 6.06. The van der Waals surface area contributed by atoms with Crippen LogP contribution < -0.4 is 5.32 Å². The molecular weight excluding hydrogens is 369 g/mol. The van der Waals surface area contributed by atoms with Crippen LogP contribution in [0.4, 0.5) is 18.9 Å². The molecule has 0 atom stereocenters. The first-order valence-electron chi connectivity index (χ1n) is 8.35. The number of nitrogens with one attached hydrogen (secondary N) is 1. The van der Waals surface area contributed by atoms with Gasteiger partial charge in [0, 0.05) is 11.3 Å². The molecule has 4 nitrogen and oxygen atoms in total. The van der Waals surface area contributed by atoms with E-state index in [4.69, 9.17) is 4.42 Å². The van der Waals surface area contributed by atoms with Gasteiger partial charge in [-0.05, 0) is 48.5 Å². The fraction of sp³-hybridized carbons (Fsp3) is 0.0476. The van der Waals surface area contributed by atoms with E-state index in [1.807, 2.05) is 18.2 Å². The lowest BCUT2D eigenvalue weighted by Crippen LogP contribution is -2.18. The first-order chi connectivity index (χ1) is 13.4. The van der Waals surface area contributed by atoms with E-state index < -0.39 is 23.2 Å². The Hall–Kier alpha value is -3.61. The zero-order valence-electron chi connectivity index (χ0n) is 14.3. The lowest BCUT2D eigenvalue weighted by molar-refractivity contribution is -0.137. The van der Waals surface area contributed by atoms with Gasteiger partial charge < -0.3 is 9.73 Å². The smallest absolute Gasteiger partial charge is 0.417 e. The van der Waals surface area contributed by atoms with Crippen molar-refractivity contribution in [3.05, 3.63) is 83.9 Å². The second-order valence-corrected chi connectivity index (χ2v) is 6.06. The summed E-state index contributed by atoms with van der Waals surface area (Å²) in [6.07, 6.45) is -4.61. The molecule has 3 aromatic carbocycles. The zero-order valence-corrected chi connectivity index (χ0v) is 14.3. The molecule has 0 aliphatic heterocycles. The number of para-hydroxylation sites is 2. The van der Waals surface area contributed by atoms with E-state index in [1.165, 1.54) is 12.1 Å². The maximum Gasteiger partial charge on any atom is 0.417 e. The van der Waals surface area contributed by atoms with Crippen LogP contribution in [0.2, 0.25) is 0 Å². The molecule has 0 fully saturated rings. The maximum atomic E-state index is 13.1. The number of fused-ring (bicyclic) bond motifs is 1. The number of rotatable bonds is 3. The van der Waals surface area contributed by atoms with Crippen LogP contribution in [-0.4, -0.2) is 10.9 Å². The van der Waals surface area contributed by atoms with Crippen LogP contribution in [0.3, 0.4) is 0 Å². The molecule has 1 N–H and O–H groups in total. The van der Waals surface area contributed by atoms with Gasteiger partial charge in [0.2, 0.25) is 5.89 Å². The molecular formula is C21H13F3N2O2. The van der Waals surface area contributed by atoms with E-state index >= 15 is 0 Å². The van der Waals surface area contributed by atoms with Crippen LogP contribution in [0, 0.1) is 0 Å². The van der Waals surface area contributed by atoms with Crippen molar-refractivity contribution in [3.63, 3.8) is 0 Å². The molecule has 0 saturated carbocycles. The number of alkyl halides is 3. The van der Waals surface area contributed by atoms with Gasteiger partial charge in [-0.3, -0.25) is 4.79 Å². The van der Waals surface area contributed by atoms with Gasteiger partial charge in [-0.25, -0.2) is 4.98 Å². The predicted molar refractivity (Wildman–Crippen MR) is 98.8 cm³/mol. The van der Waals surface area contributed by atoms with Crippen LogP contribution in [0.5, 0.6) is 0 Å². The second kappa shape index (κ2) is 6.84. The van der Waals surface area contributed by atoms with Gasteiger partial charge in [0.05, 0.1) is 11.1 Å². The summed E-state index contributed by atoms with van der Waals surface area (Å²) < 4.78 is 44.9. The quantitative estimate of drug-likeness (QED) is 0.490. The number of hydrogen-bond donors (Lipinski definition) is 1. The molecule has 0 bridgehead atoms. The SMILES string of the molecule is O=C(Nc1ccc(-c2nc3ccccc3o2)cc1)c1ccccc1C(F)(F)F. The van der Waals surface area contributed by atoms with E-state index in [0.29, 0.717) is 22.7 Å². The van der Waals surface area contributed by atoms with E-state index in [2.05, 4.69) is 10.3 Å². The molecule has 140 valence electrons. The number of carbonyl (C=O) groups is 1. The summed E-state index contributed by atoms with van der Waals surface area (Å²) in [7, 11) is 0. The number of aromatic nitrogens is 1. The first kappa shape index (κ1) is 17.8. The highest BCUT2D eigenvalue weighted by molar-refractivity contribution is 6.05. The number of anilines is 1. The highest BCUT2D eigenvalue weighted by atomic mass is 19.4. The van der Waals surface area contributed by atoms with Crippen molar-refractivity contribution in [2.45, 2.75) is 6.18 Å². The van der Waals surface area contributed by atoms with Gasteiger partial charge in [0.25, 0.3) is 5.91 Å². The van der Waals surface area contributed by atoms with Crippen LogP contribution >= 0.6 is 0 Å². The van der Waals surface area contributed by atoms with Gasteiger partial charge in [-0.15, -0.1) is 0 Å². The normalized spacial score (nSPS) is 11.5. The van der Waals surface area contributed by atoms with E-state index in [9.17, 15) is 18.0 Å². The molecule has 7 heteroatoms. The van der Waals surface area contributed by atoms with Crippen LogP contribution in [0.25, 0.3) is 22.6 Å². The van der Waals surface area contributed by atoms with Gasteiger partial charge in [-0.1, -0.05) is 24.3 Å². The number of amides is 1. The Morgan fingerprint density at radius 2 is 1.57 bits per heavy atom. The predicted octanol–water partition coefficient (Wildman–Crippen LogP) is 5.77. The Kier molecular flexibility index (Phi) is 4.35. The van der Waals surface area contributed by atoms with E-state index in [0.717, 1.165) is 17.6 Å². The molecule has 28 heavy (non-hydrogen) atoms. The summed E-state index contributed by atoms with van der Waals surface area (Å²) in [4.78, 5) is 16.7. The maximum absolute atomic E-state index is 13.1. The Morgan fingerprint density at radius 3 is 2.29 bits per heavy atom. The highest BCUT2D eigenvalue weighted by Gasteiger charge is 2.34. The largest absolute Gasteiger partial charge is 0.436 e. The molecule has 1 aromatic heterocycles. The van der Waals surface area contributed by atoms with Gasteiger partial charge in [-0.2, -0.15) is 13.2 Å². The topological polar surface area (TPSA) is 55.1 Å². The number of benzene rings is 3. The van der Waals surface area contributed by atoms with Crippen molar-refractivity contribution in [1.29, 1.82) is 0 Å². The van der Waals surface area contributed by atoms with Crippen molar-refractivity contribution >= 4 is 22.7 Å². The van der Waals surface area contributed by atoms with Crippen molar-refractivity contribution in [2.75, 3.05) is 5.32 Å². The Bertz CT molecular complexity index is 1120. The third-order valence-electron chi connectivity index (χ3n) is 4.16. The summed E-state index contributed by atoms with van der Waals surface area (Å²) in [5.41, 5.74) is 1.01. The average Bonchev–Trinajstić information content (AvgIpc) is 3.12. The molecule has 0 unspecified atom stereocenters.